The summed E-state index contributed by atoms with van der Waals surface area (Å²) < 4.78 is 2.18. The first-order chi connectivity index (χ1) is 8.90. The summed E-state index contributed by atoms with van der Waals surface area (Å²) in [5.41, 5.74) is 4.29. The van der Waals surface area contributed by atoms with Gasteiger partial charge >= 0.3 is 0 Å². The van der Waals surface area contributed by atoms with Crippen LogP contribution in [0.2, 0.25) is 0 Å². The summed E-state index contributed by atoms with van der Waals surface area (Å²) in [6.45, 7) is 2.00. The lowest BCUT2D eigenvalue weighted by atomic mass is 10.2. The molecule has 18 heavy (non-hydrogen) atoms. The molecule has 0 radical (unpaired) electrons. The monoisotopic (exact) mass is 234 g/mol. The van der Waals surface area contributed by atoms with Crippen LogP contribution in [0.1, 0.15) is 12.6 Å². The molecule has 0 fully saturated rings. The van der Waals surface area contributed by atoms with Crippen LogP contribution in [0.3, 0.4) is 0 Å². The summed E-state index contributed by atoms with van der Waals surface area (Å²) in [6.07, 6.45) is 10.2. The first-order valence-electron chi connectivity index (χ1n) is 6.05. The lowest BCUT2D eigenvalue weighted by Gasteiger charge is -2.05. The number of hydrogen-bond acceptors (Lipinski definition) is 1. The molecule has 0 aliphatic carbocycles. The SMILES string of the molecule is C/C=C/C=C/c1nc2ccccc2n2cccc12. The number of aromatic nitrogens is 2. The molecule has 0 aliphatic heterocycles. The fraction of sp³-hybridized carbons (Fsp3) is 0.0625. The van der Waals surface area contributed by atoms with Crippen molar-refractivity contribution in [1.82, 2.24) is 9.38 Å². The van der Waals surface area contributed by atoms with Crippen molar-refractivity contribution in [3.63, 3.8) is 0 Å². The zero-order valence-corrected chi connectivity index (χ0v) is 10.2. The molecule has 88 valence electrons. The molecule has 0 bridgehead atoms. The highest BCUT2D eigenvalue weighted by Gasteiger charge is 2.04. The number of allylic oxidation sites excluding steroid dienone is 3. The minimum atomic E-state index is 0.997. The molecule has 2 heterocycles. The van der Waals surface area contributed by atoms with Crippen LogP contribution in [0.5, 0.6) is 0 Å². The van der Waals surface area contributed by atoms with Crippen LogP contribution >= 0.6 is 0 Å². The Kier molecular flexibility index (Phi) is 2.69. The molecule has 0 saturated heterocycles. The Bertz CT molecular complexity index is 748. The molecule has 1 aromatic carbocycles. The summed E-state index contributed by atoms with van der Waals surface area (Å²) in [6, 6.07) is 12.3. The van der Waals surface area contributed by atoms with Gasteiger partial charge in [0.1, 0.15) is 0 Å². The summed E-state index contributed by atoms with van der Waals surface area (Å²) in [4.78, 5) is 4.71. The Morgan fingerprint density at radius 1 is 1.00 bits per heavy atom. The molecule has 0 spiro atoms. The normalized spacial score (nSPS) is 12.3. The maximum atomic E-state index is 4.71. The quantitative estimate of drug-likeness (QED) is 0.611. The van der Waals surface area contributed by atoms with E-state index < -0.39 is 0 Å². The van der Waals surface area contributed by atoms with Gasteiger partial charge in [-0.1, -0.05) is 30.4 Å². The van der Waals surface area contributed by atoms with Crippen LogP contribution in [-0.2, 0) is 0 Å². The number of para-hydroxylation sites is 2. The maximum Gasteiger partial charge on any atom is 0.0878 e. The number of hydrogen-bond donors (Lipinski definition) is 0. The molecule has 3 aromatic rings. The molecule has 0 amide bonds. The van der Waals surface area contributed by atoms with Gasteiger partial charge in [0.15, 0.2) is 0 Å². The Morgan fingerprint density at radius 2 is 1.83 bits per heavy atom. The smallest absolute Gasteiger partial charge is 0.0878 e. The van der Waals surface area contributed by atoms with Crippen molar-refractivity contribution in [3.8, 4) is 0 Å². The molecule has 0 atom stereocenters. The van der Waals surface area contributed by atoms with Crippen molar-refractivity contribution in [3.05, 3.63) is 66.5 Å². The summed E-state index contributed by atoms with van der Waals surface area (Å²) in [5.74, 6) is 0. The highest BCUT2D eigenvalue weighted by atomic mass is 14.9. The standard InChI is InChI=1S/C16H14N2/c1-2-3-4-8-13-16-11-7-12-18(16)15-10-6-5-9-14(15)17-13/h2-12H,1H3/b3-2+,8-4+. The van der Waals surface area contributed by atoms with Crippen molar-refractivity contribution in [2.45, 2.75) is 6.92 Å². The van der Waals surface area contributed by atoms with Gasteiger partial charge in [-0.3, -0.25) is 0 Å². The molecular formula is C16H14N2. The van der Waals surface area contributed by atoms with Crippen LogP contribution in [0.25, 0.3) is 22.6 Å². The molecule has 0 N–H and O–H groups in total. The van der Waals surface area contributed by atoms with E-state index in [0.717, 1.165) is 22.2 Å². The van der Waals surface area contributed by atoms with Crippen LogP contribution in [0.4, 0.5) is 0 Å². The van der Waals surface area contributed by atoms with E-state index in [-0.39, 0.29) is 0 Å². The van der Waals surface area contributed by atoms with Crippen LogP contribution in [-0.4, -0.2) is 9.38 Å². The van der Waals surface area contributed by atoms with E-state index in [4.69, 9.17) is 4.98 Å². The number of rotatable bonds is 2. The average Bonchev–Trinajstić information content (AvgIpc) is 2.89. The van der Waals surface area contributed by atoms with Crippen molar-refractivity contribution in [2.75, 3.05) is 0 Å². The molecule has 0 aliphatic rings. The molecular weight excluding hydrogens is 220 g/mol. The van der Waals surface area contributed by atoms with Gasteiger partial charge in [0.25, 0.3) is 0 Å². The van der Waals surface area contributed by atoms with Crippen molar-refractivity contribution < 1.29 is 0 Å². The third-order valence-electron chi connectivity index (χ3n) is 2.95. The molecule has 2 nitrogen and oxygen atoms in total. The molecule has 2 heteroatoms. The Balaban J connectivity index is 2.31. The van der Waals surface area contributed by atoms with E-state index in [2.05, 4.69) is 28.8 Å². The second-order valence-electron chi connectivity index (χ2n) is 4.13. The third kappa shape index (κ3) is 1.72. The van der Waals surface area contributed by atoms with Crippen molar-refractivity contribution in [2.24, 2.45) is 0 Å². The largest absolute Gasteiger partial charge is 0.313 e. The maximum absolute atomic E-state index is 4.71. The first kappa shape index (κ1) is 10.8. The summed E-state index contributed by atoms with van der Waals surface area (Å²) >= 11 is 0. The fourth-order valence-corrected chi connectivity index (χ4v) is 2.13. The number of nitrogens with zero attached hydrogens (tertiary/aromatic N) is 2. The van der Waals surface area contributed by atoms with Gasteiger partial charge < -0.3 is 4.40 Å². The van der Waals surface area contributed by atoms with E-state index in [9.17, 15) is 0 Å². The van der Waals surface area contributed by atoms with Crippen LogP contribution < -0.4 is 0 Å². The van der Waals surface area contributed by atoms with Gasteiger partial charge in [0, 0.05) is 6.20 Å². The lowest BCUT2D eigenvalue weighted by molar-refractivity contribution is 1.22. The second-order valence-corrected chi connectivity index (χ2v) is 4.13. The highest BCUT2D eigenvalue weighted by molar-refractivity contribution is 5.82. The van der Waals surface area contributed by atoms with Gasteiger partial charge in [0.2, 0.25) is 0 Å². The van der Waals surface area contributed by atoms with Crippen molar-refractivity contribution >= 4 is 22.6 Å². The predicted octanol–water partition coefficient (Wildman–Crippen LogP) is 4.08. The minimum Gasteiger partial charge on any atom is -0.313 e. The molecule has 3 rings (SSSR count). The van der Waals surface area contributed by atoms with Gasteiger partial charge in [-0.05, 0) is 37.3 Å². The average molecular weight is 234 g/mol. The summed E-state index contributed by atoms with van der Waals surface area (Å²) in [7, 11) is 0. The first-order valence-corrected chi connectivity index (χ1v) is 6.05. The molecule has 0 unspecified atom stereocenters. The molecule has 0 saturated carbocycles. The van der Waals surface area contributed by atoms with Gasteiger partial charge in [-0.15, -0.1) is 0 Å². The zero-order chi connectivity index (χ0) is 12.4. The van der Waals surface area contributed by atoms with Crippen LogP contribution in [0.15, 0.2) is 60.8 Å². The third-order valence-corrected chi connectivity index (χ3v) is 2.95. The Hall–Kier alpha value is -2.35. The zero-order valence-electron chi connectivity index (χ0n) is 10.2. The molecule has 2 aromatic heterocycles. The van der Waals surface area contributed by atoms with E-state index in [1.807, 2.05) is 49.4 Å². The van der Waals surface area contributed by atoms with Gasteiger partial charge in [-0.25, -0.2) is 4.98 Å². The lowest BCUT2D eigenvalue weighted by Crippen LogP contribution is -1.93. The highest BCUT2D eigenvalue weighted by Crippen LogP contribution is 2.19. The Morgan fingerprint density at radius 3 is 2.72 bits per heavy atom. The fourth-order valence-electron chi connectivity index (χ4n) is 2.13. The predicted molar refractivity (Wildman–Crippen MR) is 76.5 cm³/mol. The van der Waals surface area contributed by atoms with E-state index in [0.29, 0.717) is 0 Å². The summed E-state index contributed by atoms with van der Waals surface area (Å²) in [5, 5.41) is 0. The van der Waals surface area contributed by atoms with Crippen LogP contribution in [0, 0.1) is 0 Å². The Labute approximate surface area is 106 Å². The van der Waals surface area contributed by atoms with E-state index >= 15 is 0 Å². The number of benzene rings is 1. The van der Waals surface area contributed by atoms with Gasteiger partial charge in [-0.2, -0.15) is 0 Å². The minimum absolute atomic E-state index is 0.997. The second kappa shape index (κ2) is 4.49. The topological polar surface area (TPSA) is 17.3 Å². The number of fused-ring (bicyclic) bond motifs is 3. The van der Waals surface area contributed by atoms with E-state index in [1.54, 1.807) is 0 Å². The van der Waals surface area contributed by atoms with E-state index in [1.165, 1.54) is 0 Å². The van der Waals surface area contributed by atoms with Gasteiger partial charge in [0.05, 0.1) is 22.2 Å². The van der Waals surface area contributed by atoms with Crippen molar-refractivity contribution in [1.29, 1.82) is 0 Å².